The van der Waals surface area contributed by atoms with Gasteiger partial charge >= 0.3 is 12.1 Å². The summed E-state index contributed by atoms with van der Waals surface area (Å²) < 4.78 is 45.0. The molecular formula is C10H9F3O4. The quantitative estimate of drug-likeness (QED) is 0.891. The number of hydrogen-bond acceptors (Lipinski definition) is 3. The van der Waals surface area contributed by atoms with Gasteiger partial charge in [0.1, 0.15) is 0 Å². The Morgan fingerprint density at radius 2 is 2.00 bits per heavy atom. The molecule has 0 unspecified atom stereocenters. The van der Waals surface area contributed by atoms with Crippen LogP contribution >= 0.6 is 0 Å². The minimum Gasteiger partial charge on any atom is -0.493 e. The lowest BCUT2D eigenvalue weighted by atomic mass is 10.2. The molecule has 4 nitrogen and oxygen atoms in total. The van der Waals surface area contributed by atoms with Crippen LogP contribution in [-0.4, -0.2) is 31.0 Å². The Morgan fingerprint density at radius 1 is 1.35 bits per heavy atom. The van der Waals surface area contributed by atoms with E-state index in [1.54, 1.807) is 0 Å². The van der Waals surface area contributed by atoms with Crippen molar-refractivity contribution in [2.45, 2.75) is 6.18 Å². The Balaban J connectivity index is 2.89. The molecule has 17 heavy (non-hydrogen) atoms. The van der Waals surface area contributed by atoms with Gasteiger partial charge in [-0.05, 0) is 18.2 Å². The minimum absolute atomic E-state index is 0.0610. The van der Waals surface area contributed by atoms with E-state index in [2.05, 4.69) is 4.74 Å². The molecule has 1 aromatic rings. The molecule has 0 radical (unpaired) electrons. The molecule has 0 aliphatic heterocycles. The zero-order valence-corrected chi connectivity index (χ0v) is 8.75. The van der Waals surface area contributed by atoms with Crippen LogP contribution in [0.4, 0.5) is 13.2 Å². The molecule has 0 heterocycles. The van der Waals surface area contributed by atoms with E-state index in [0.717, 1.165) is 18.2 Å². The molecule has 0 amide bonds. The number of halogens is 3. The first kappa shape index (κ1) is 13.1. The van der Waals surface area contributed by atoms with Crippen LogP contribution in [0.1, 0.15) is 10.4 Å². The van der Waals surface area contributed by atoms with E-state index in [9.17, 15) is 18.0 Å². The molecule has 94 valence electrons. The summed E-state index contributed by atoms with van der Waals surface area (Å²) in [6.07, 6.45) is -4.46. The number of alkyl halides is 3. The Labute approximate surface area is 94.6 Å². The number of rotatable bonds is 4. The number of carboxylic acids is 1. The number of methoxy groups -OCH3 is 1. The summed E-state index contributed by atoms with van der Waals surface area (Å²) in [6, 6.07) is 3.35. The molecule has 0 spiro atoms. The van der Waals surface area contributed by atoms with Crippen molar-refractivity contribution in [2.24, 2.45) is 0 Å². The fraction of sp³-hybridized carbons (Fsp3) is 0.300. The third kappa shape index (κ3) is 3.86. The number of hydrogen-bond donors (Lipinski definition) is 1. The first-order valence-electron chi connectivity index (χ1n) is 4.44. The van der Waals surface area contributed by atoms with Gasteiger partial charge in [-0.2, -0.15) is 13.2 Å². The normalized spacial score (nSPS) is 11.1. The van der Waals surface area contributed by atoms with Crippen LogP contribution in [-0.2, 0) is 0 Å². The van der Waals surface area contributed by atoms with Gasteiger partial charge in [-0.3, -0.25) is 0 Å². The average molecular weight is 250 g/mol. The molecule has 0 bridgehead atoms. The van der Waals surface area contributed by atoms with Gasteiger partial charge in [0.15, 0.2) is 18.1 Å². The van der Waals surface area contributed by atoms with Crippen molar-refractivity contribution in [3.05, 3.63) is 23.8 Å². The van der Waals surface area contributed by atoms with Crippen molar-refractivity contribution in [2.75, 3.05) is 13.7 Å². The molecule has 0 aliphatic rings. The highest BCUT2D eigenvalue weighted by Gasteiger charge is 2.29. The van der Waals surface area contributed by atoms with Gasteiger partial charge in [-0.1, -0.05) is 0 Å². The number of carbonyl (C=O) groups is 1. The topological polar surface area (TPSA) is 55.8 Å². The highest BCUT2D eigenvalue weighted by atomic mass is 19.4. The first-order valence-corrected chi connectivity index (χ1v) is 4.44. The van der Waals surface area contributed by atoms with E-state index in [1.807, 2.05) is 0 Å². The van der Waals surface area contributed by atoms with E-state index in [4.69, 9.17) is 9.84 Å². The molecular weight excluding hydrogens is 241 g/mol. The number of carboxylic acid groups (broad SMARTS) is 1. The Kier molecular flexibility index (Phi) is 3.82. The standard InChI is InChI=1S/C10H9F3O4/c1-16-8-4-6(9(14)15)2-3-7(8)17-5-10(11,12)13/h2-4H,5H2,1H3,(H,14,15). The Morgan fingerprint density at radius 3 is 2.47 bits per heavy atom. The van der Waals surface area contributed by atoms with Crippen molar-refractivity contribution in [3.63, 3.8) is 0 Å². The van der Waals surface area contributed by atoms with Crippen molar-refractivity contribution in [1.82, 2.24) is 0 Å². The molecule has 0 aliphatic carbocycles. The highest BCUT2D eigenvalue weighted by molar-refractivity contribution is 5.88. The van der Waals surface area contributed by atoms with Crippen LogP contribution in [0.5, 0.6) is 11.5 Å². The molecule has 0 aromatic heterocycles. The number of aromatic carboxylic acids is 1. The SMILES string of the molecule is COc1cc(C(=O)O)ccc1OCC(F)(F)F. The van der Waals surface area contributed by atoms with Gasteiger partial charge in [0.25, 0.3) is 0 Å². The van der Waals surface area contributed by atoms with Crippen LogP contribution in [0.15, 0.2) is 18.2 Å². The fourth-order valence-electron chi connectivity index (χ4n) is 1.08. The van der Waals surface area contributed by atoms with Gasteiger partial charge in [0.2, 0.25) is 0 Å². The van der Waals surface area contributed by atoms with Gasteiger partial charge in [-0.25, -0.2) is 4.79 Å². The van der Waals surface area contributed by atoms with Gasteiger partial charge in [-0.15, -0.1) is 0 Å². The molecule has 0 atom stereocenters. The van der Waals surface area contributed by atoms with E-state index < -0.39 is 18.8 Å². The zero-order chi connectivity index (χ0) is 13.1. The van der Waals surface area contributed by atoms with Crippen LogP contribution < -0.4 is 9.47 Å². The summed E-state index contributed by atoms with van der Waals surface area (Å²) in [5, 5.41) is 8.68. The maximum atomic E-state index is 11.9. The summed E-state index contributed by atoms with van der Waals surface area (Å²) >= 11 is 0. The van der Waals surface area contributed by atoms with Crippen LogP contribution in [0, 0.1) is 0 Å². The van der Waals surface area contributed by atoms with E-state index in [0.29, 0.717) is 0 Å². The smallest absolute Gasteiger partial charge is 0.422 e. The summed E-state index contributed by atoms with van der Waals surface area (Å²) in [7, 11) is 1.21. The Hall–Kier alpha value is -1.92. The largest absolute Gasteiger partial charge is 0.493 e. The maximum Gasteiger partial charge on any atom is 0.422 e. The highest BCUT2D eigenvalue weighted by Crippen LogP contribution is 2.29. The predicted molar refractivity (Wildman–Crippen MR) is 51.5 cm³/mol. The van der Waals surface area contributed by atoms with Crippen molar-refractivity contribution in [1.29, 1.82) is 0 Å². The molecule has 7 heteroatoms. The second-order valence-corrected chi connectivity index (χ2v) is 3.07. The van der Waals surface area contributed by atoms with E-state index in [-0.39, 0.29) is 17.1 Å². The van der Waals surface area contributed by atoms with E-state index in [1.165, 1.54) is 7.11 Å². The van der Waals surface area contributed by atoms with Gasteiger partial charge in [0, 0.05) is 0 Å². The third-order valence-corrected chi connectivity index (χ3v) is 1.80. The third-order valence-electron chi connectivity index (χ3n) is 1.80. The molecule has 0 fully saturated rings. The summed E-state index contributed by atoms with van der Waals surface area (Å²) in [5.74, 6) is -1.42. The molecule has 1 aromatic carbocycles. The van der Waals surface area contributed by atoms with E-state index >= 15 is 0 Å². The van der Waals surface area contributed by atoms with Crippen molar-refractivity contribution in [3.8, 4) is 11.5 Å². The predicted octanol–water partition coefficient (Wildman–Crippen LogP) is 2.33. The molecule has 1 rings (SSSR count). The maximum absolute atomic E-state index is 11.9. The average Bonchev–Trinajstić information content (AvgIpc) is 2.24. The van der Waals surface area contributed by atoms with Crippen LogP contribution in [0.25, 0.3) is 0 Å². The fourth-order valence-corrected chi connectivity index (χ4v) is 1.08. The van der Waals surface area contributed by atoms with Crippen molar-refractivity contribution < 1.29 is 32.5 Å². The van der Waals surface area contributed by atoms with Crippen molar-refractivity contribution >= 4 is 5.97 Å². The zero-order valence-electron chi connectivity index (χ0n) is 8.75. The second-order valence-electron chi connectivity index (χ2n) is 3.07. The lowest BCUT2D eigenvalue weighted by Crippen LogP contribution is -2.19. The summed E-state index contributed by atoms with van der Waals surface area (Å²) in [5.41, 5.74) is -0.0961. The number of ether oxygens (including phenoxy) is 2. The number of benzene rings is 1. The molecule has 0 saturated heterocycles. The van der Waals surface area contributed by atoms with Gasteiger partial charge < -0.3 is 14.6 Å². The minimum atomic E-state index is -4.46. The first-order chi connectivity index (χ1) is 7.83. The lowest BCUT2D eigenvalue weighted by molar-refractivity contribution is -0.153. The summed E-state index contributed by atoms with van der Waals surface area (Å²) in [6.45, 7) is -1.46. The van der Waals surface area contributed by atoms with Crippen LogP contribution in [0.3, 0.4) is 0 Å². The summed E-state index contributed by atoms with van der Waals surface area (Å²) in [4.78, 5) is 10.6. The molecule has 0 saturated carbocycles. The lowest BCUT2D eigenvalue weighted by Gasteiger charge is -2.12. The van der Waals surface area contributed by atoms with Crippen LogP contribution in [0.2, 0.25) is 0 Å². The van der Waals surface area contributed by atoms with Gasteiger partial charge in [0.05, 0.1) is 12.7 Å². The second kappa shape index (κ2) is 4.94. The molecule has 1 N–H and O–H groups in total. The Bertz CT molecular complexity index is 415. The monoisotopic (exact) mass is 250 g/mol.